The fourth-order valence-corrected chi connectivity index (χ4v) is 3.68. The van der Waals surface area contributed by atoms with Crippen LogP contribution in [0.15, 0.2) is 77.9 Å². The lowest BCUT2D eigenvalue weighted by Gasteiger charge is -2.29. The molecule has 0 fully saturated rings. The molecule has 1 aliphatic rings. The van der Waals surface area contributed by atoms with Crippen molar-refractivity contribution in [2.24, 2.45) is 10.8 Å². The molecule has 160 valence electrons. The molecule has 0 radical (unpaired) electrons. The Morgan fingerprint density at radius 1 is 0.968 bits per heavy atom. The summed E-state index contributed by atoms with van der Waals surface area (Å²) in [6.07, 6.45) is 0.756. The second-order valence-electron chi connectivity index (χ2n) is 7.89. The number of pyridine rings is 1. The van der Waals surface area contributed by atoms with E-state index < -0.39 is 0 Å². The Morgan fingerprint density at radius 3 is 2.55 bits per heavy atom. The van der Waals surface area contributed by atoms with Gasteiger partial charge in [-0.3, -0.25) is 9.99 Å². The Labute approximate surface area is 184 Å². The molecule has 31 heavy (non-hydrogen) atoms. The van der Waals surface area contributed by atoms with Crippen LogP contribution in [0.5, 0.6) is 0 Å². The molecule has 0 amide bonds. The number of ether oxygens (including phenoxy) is 1. The van der Waals surface area contributed by atoms with Crippen molar-refractivity contribution in [3.63, 3.8) is 0 Å². The van der Waals surface area contributed by atoms with Crippen LogP contribution in [0.4, 0.5) is 0 Å². The zero-order chi connectivity index (χ0) is 21.6. The number of nitrogens with two attached hydrogens (primary N) is 1. The maximum absolute atomic E-state index is 6.23. The van der Waals surface area contributed by atoms with Gasteiger partial charge in [0, 0.05) is 31.3 Å². The average molecular weight is 416 g/mol. The van der Waals surface area contributed by atoms with Gasteiger partial charge in [-0.25, -0.2) is 0 Å². The van der Waals surface area contributed by atoms with E-state index in [1.54, 1.807) is 5.01 Å². The van der Waals surface area contributed by atoms with E-state index in [2.05, 4.69) is 53.4 Å². The minimum absolute atomic E-state index is 0.267. The number of likely N-dealkylation sites (N-methyl/N-ethyl adjacent to an activating group) is 1. The van der Waals surface area contributed by atoms with E-state index in [4.69, 9.17) is 15.5 Å². The standard InChI is InChI=1S/C25H29N5O/c1-29(16-15-19-9-4-3-5-10-19)17-20-11-8-12-21(27-20)18-31-25-23-14-7-6-13-22(23)24(26)30(2)28-25/h3-14,24H,15-18,26H2,1-2H3. The molecular formula is C25H29N5O. The maximum atomic E-state index is 6.23. The van der Waals surface area contributed by atoms with Crippen molar-refractivity contribution in [2.75, 3.05) is 20.6 Å². The normalized spacial score (nSPS) is 15.5. The highest BCUT2D eigenvalue weighted by molar-refractivity contribution is 5.96. The average Bonchev–Trinajstić information content (AvgIpc) is 2.80. The molecule has 3 aromatic rings. The Morgan fingerprint density at radius 2 is 1.71 bits per heavy atom. The number of hydrogen-bond donors (Lipinski definition) is 1. The first-order chi connectivity index (χ1) is 15.1. The summed E-state index contributed by atoms with van der Waals surface area (Å²) in [6, 6.07) is 24.6. The van der Waals surface area contributed by atoms with Gasteiger partial charge in [-0.05, 0) is 37.2 Å². The molecule has 2 heterocycles. The second-order valence-corrected chi connectivity index (χ2v) is 7.89. The summed E-state index contributed by atoms with van der Waals surface area (Å²) >= 11 is 0. The van der Waals surface area contributed by atoms with Crippen molar-refractivity contribution in [3.05, 3.63) is 101 Å². The molecule has 6 heteroatoms. The molecular weight excluding hydrogens is 386 g/mol. The summed E-state index contributed by atoms with van der Waals surface area (Å²) < 4.78 is 6.06. The van der Waals surface area contributed by atoms with Gasteiger partial charge < -0.3 is 15.4 Å². The summed E-state index contributed by atoms with van der Waals surface area (Å²) in [5.74, 6) is 0.576. The van der Waals surface area contributed by atoms with Crippen LogP contribution in [-0.4, -0.2) is 41.4 Å². The number of nitrogens with zero attached hydrogens (tertiary/aromatic N) is 4. The molecule has 2 aromatic carbocycles. The van der Waals surface area contributed by atoms with Crippen LogP contribution in [-0.2, 0) is 24.3 Å². The lowest BCUT2D eigenvalue weighted by atomic mass is 10.0. The quantitative estimate of drug-likeness (QED) is 0.639. The fourth-order valence-electron chi connectivity index (χ4n) is 3.68. The second kappa shape index (κ2) is 9.73. The van der Waals surface area contributed by atoms with Gasteiger partial charge in [0.2, 0.25) is 5.90 Å². The zero-order valence-corrected chi connectivity index (χ0v) is 18.1. The van der Waals surface area contributed by atoms with Crippen molar-refractivity contribution in [3.8, 4) is 0 Å². The van der Waals surface area contributed by atoms with E-state index in [1.807, 2.05) is 43.4 Å². The maximum Gasteiger partial charge on any atom is 0.239 e. The number of hydrazone groups is 1. The van der Waals surface area contributed by atoms with Gasteiger partial charge >= 0.3 is 0 Å². The molecule has 0 saturated heterocycles. The molecule has 1 aliphatic heterocycles. The van der Waals surface area contributed by atoms with E-state index in [9.17, 15) is 0 Å². The zero-order valence-electron chi connectivity index (χ0n) is 18.1. The SMILES string of the molecule is CN(CCc1ccccc1)Cc1cccc(COC2=NN(C)C(N)c3ccccc32)n1. The minimum atomic E-state index is -0.267. The highest BCUT2D eigenvalue weighted by Crippen LogP contribution is 2.25. The lowest BCUT2D eigenvalue weighted by molar-refractivity contribution is 0.219. The van der Waals surface area contributed by atoms with Crippen LogP contribution < -0.4 is 5.73 Å². The van der Waals surface area contributed by atoms with Crippen molar-refractivity contribution in [1.29, 1.82) is 0 Å². The largest absolute Gasteiger partial charge is 0.470 e. The van der Waals surface area contributed by atoms with E-state index in [0.29, 0.717) is 12.5 Å². The van der Waals surface area contributed by atoms with E-state index in [1.165, 1.54) is 5.56 Å². The summed E-state index contributed by atoms with van der Waals surface area (Å²) in [5, 5.41) is 6.24. The van der Waals surface area contributed by atoms with Crippen molar-refractivity contribution >= 4 is 5.90 Å². The van der Waals surface area contributed by atoms with Crippen LogP contribution in [0.25, 0.3) is 0 Å². The number of hydrogen-bond acceptors (Lipinski definition) is 6. The van der Waals surface area contributed by atoms with Crippen LogP contribution in [0.2, 0.25) is 0 Å². The molecule has 0 spiro atoms. The summed E-state index contributed by atoms with van der Waals surface area (Å²) in [4.78, 5) is 7.07. The smallest absolute Gasteiger partial charge is 0.239 e. The lowest BCUT2D eigenvalue weighted by Crippen LogP contribution is -2.34. The molecule has 0 bridgehead atoms. The van der Waals surface area contributed by atoms with Gasteiger partial charge in [0.1, 0.15) is 12.8 Å². The topological polar surface area (TPSA) is 67.0 Å². The number of rotatable bonds is 7. The van der Waals surface area contributed by atoms with Gasteiger partial charge in [-0.2, -0.15) is 0 Å². The van der Waals surface area contributed by atoms with E-state index >= 15 is 0 Å². The fraction of sp³-hybridized carbons (Fsp3) is 0.280. The first kappa shape index (κ1) is 21.0. The van der Waals surface area contributed by atoms with Gasteiger partial charge in [-0.1, -0.05) is 54.6 Å². The van der Waals surface area contributed by atoms with Crippen LogP contribution >= 0.6 is 0 Å². The minimum Gasteiger partial charge on any atom is -0.470 e. The highest BCUT2D eigenvalue weighted by Gasteiger charge is 2.24. The number of benzene rings is 2. The van der Waals surface area contributed by atoms with E-state index in [-0.39, 0.29) is 6.17 Å². The number of aromatic nitrogens is 1. The molecule has 4 rings (SSSR count). The van der Waals surface area contributed by atoms with Gasteiger partial charge in [-0.15, -0.1) is 5.10 Å². The Kier molecular flexibility index (Phi) is 6.60. The molecule has 1 atom stereocenters. The van der Waals surface area contributed by atoms with Crippen LogP contribution in [0.3, 0.4) is 0 Å². The molecule has 0 aliphatic carbocycles. The summed E-state index contributed by atoms with van der Waals surface area (Å²) in [7, 11) is 3.98. The third kappa shape index (κ3) is 5.29. The van der Waals surface area contributed by atoms with Crippen molar-refractivity contribution < 1.29 is 4.74 Å². The van der Waals surface area contributed by atoms with Crippen molar-refractivity contribution in [2.45, 2.75) is 25.7 Å². The molecule has 0 saturated carbocycles. The third-order valence-electron chi connectivity index (χ3n) is 5.44. The van der Waals surface area contributed by atoms with E-state index in [0.717, 1.165) is 42.0 Å². The first-order valence-electron chi connectivity index (χ1n) is 10.6. The molecule has 1 unspecified atom stereocenters. The third-order valence-corrected chi connectivity index (χ3v) is 5.44. The van der Waals surface area contributed by atoms with Crippen LogP contribution in [0, 0.1) is 0 Å². The highest BCUT2D eigenvalue weighted by atomic mass is 16.5. The van der Waals surface area contributed by atoms with Crippen molar-refractivity contribution in [1.82, 2.24) is 14.9 Å². The molecule has 6 nitrogen and oxygen atoms in total. The summed E-state index contributed by atoms with van der Waals surface area (Å²) in [5.41, 5.74) is 11.4. The monoisotopic (exact) mass is 415 g/mol. The van der Waals surface area contributed by atoms with Gasteiger partial charge in [0.15, 0.2) is 0 Å². The Hall–Kier alpha value is -3.22. The predicted octanol–water partition coefficient (Wildman–Crippen LogP) is 3.54. The van der Waals surface area contributed by atoms with Gasteiger partial charge in [0.05, 0.1) is 11.4 Å². The predicted molar refractivity (Wildman–Crippen MR) is 123 cm³/mol. The molecule has 2 N–H and O–H groups in total. The first-order valence-corrected chi connectivity index (χ1v) is 10.6. The van der Waals surface area contributed by atoms with Gasteiger partial charge in [0.25, 0.3) is 0 Å². The summed E-state index contributed by atoms with van der Waals surface area (Å²) in [6.45, 7) is 2.13. The molecule has 1 aromatic heterocycles. The Bertz CT molecular complexity index is 1040. The number of fused-ring (bicyclic) bond motifs is 1. The van der Waals surface area contributed by atoms with Crippen LogP contribution in [0.1, 0.15) is 34.2 Å². The Balaban J connectivity index is 1.36.